The monoisotopic (exact) mass is 263 g/mol. The largest absolute Gasteiger partial charge is 0.486 e. The normalized spacial score (nSPS) is 15.1. The van der Waals surface area contributed by atoms with Crippen molar-refractivity contribution in [2.75, 3.05) is 27.4 Å². The van der Waals surface area contributed by atoms with Gasteiger partial charge in [-0.25, -0.2) is 0 Å². The van der Waals surface area contributed by atoms with Crippen molar-refractivity contribution < 1.29 is 18.9 Å². The van der Waals surface area contributed by atoms with E-state index in [9.17, 15) is 5.26 Å². The number of ether oxygens (including phenoxy) is 4. The van der Waals surface area contributed by atoms with Crippen molar-refractivity contribution in [1.29, 1.82) is 5.26 Å². The minimum Gasteiger partial charge on any atom is -0.486 e. The molecule has 0 aromatic heterocycles. The molecule has 0 fully saturated rings. The maximum absolute atomic E-state index is 9.19. The molecule has 0 N–H and O–H groups in total. The number of methoxy groups -OCH3 is 2. The highest BCUT2D eigenvalue weighted by atomic mass is 16.7. The van der Waals surface area contributed by atoms with Crippen LogP contribution < -0.4 is 9.47 Å². The molecule has 1 aliphatic heterocycles. The highest BCUT2D eigenvalue weighted by molar-refractivity contribution is 5.44. The zero-order valence-corrected chi connectivity index (χ0v) is 11.1. The van der Waals surface area contributed by atoms with Gasteiger partial charge in [0.2, 0.25) is 0 Å². The van der Waals surface area contributed by atoms with Crippen molar-refractivity contribution in [1.82, 2.24) is 0 Å². The van der Waals surface area contributed by atoms with Gasteiger partial charge in [-0.15, -0.1) is 0 Å². The molecule has 5 heteroatoms. The van der Waals surface area contributed by atoms with E-state index in [0.29, 0.717) is 19.6 Å². The fourth-order valence-corrected chi connectivity index (χ4v) is 2.10. The van der Waals surface area contributed by atoms with E-state index in [2.05, 4.69) is 6.07 Å². The lowest BCUT2D eigenvalue weighted by molar-refractivity contribution is -0.124. The summed E-state index contributed by atoms with van der Waals surface area (Å²) < 4.78 is 21.3. The number of fused-ring (bicyclic) bond motifs is 1. The number of nitrogens with zero attached hydrogens (tertiary/aromatic N) is 1. The van der Waals surface area contributed by atoms with Crippen molar-refractivity contribution in [2.45, 2.75) is 12.7 Å². The molecule has 1 unspecified atom stereocenters. The smallest absolute Gasteiger partial charge is 0.172 e. The molecule has 1 atom stereocenters. The van der Waals surface area contributed by atoms with Gasteiger partial charge in [-0.1, -0.05) is 6.07 Å². The molecular weight excluding hydrogens is 246 g/mol. The molecule has 1 heterocycles. The first-order chi connectivity index (χ1) is 9.28. The van der Waals surface area contributed by atoms with Crippen LogP contribution in [-0.2, 0) is 15.9 Å². The van der Waals surface area contributed by atoms with Crippen LogP contribution in [0.15, 0.2) is 18.2 Å². The predicted molar refractivity (Wildman–Crippen MR) is 68.0 cm³/mol. The summed E-state index contributed by atoms with van der Waals surface area (Å²) in [5.41, 5.74) is 0.995. The van der Waals surface area contributed by atoms with Gasteiger partial charge in [0.1, 0.15) is 19.1 Å². The minimum atomic E-state index is -0.529. The van der Waals surface area contributed by atoms with Crippen molar-refractivity contribution >= 4 is 0 Å². The number of rotatable bonds is 5. The first kappa shape index (κ1) is 13.7. The zero-order chi connectivity index (χ0) is 13.7. The summed E-state index contributed by atoms with van der Waals surface area (Å²) in [7, 11) is 3.06. The van der Waals surface area contributed by atoms with Crippen LogP contribution in [0.25, 0.3) is 0 Å². The fraction of sp³-hybridized carbons (Fsp3) is 0.500. The SMILES string of the molecule is COC(OC)C(C#N)Cc1ccc2c(c1)OCCO2. The van der Waals surface area contributed by atoms with Crippen molar-refractivity contribution in [3.8, 4) is 17.6 Å². The molecular formula is C14H17NO4. The van der Waals surface area contributed by atoms with Gasteiger partial charge in [-0.3, -0.25) is 0 Å². The van der Waals surface area contributed by atoms with Gasteiger partial charge in [-0.2, -0.15) is 5.26 Å². The highest BCUT2D eigenvalue weighted by Gasteiger charge is 2.22. The third-order valence-electron chi connectivity index (χ3n) is 3.02. The second-order valence-corrected chi connectivity index (χ2v) is 4.26. The lowest BCUT2D eigenvalue weighted by Crippen LogP contribution is -2.25. The molecule has 1 aliphatic rings. The van der Waals surface area contributed by atoms with Gasteiger partial charge < -0.3 is 18.9 Å². The Labute approximate surface area is 112 Å². The van der Waals surface area contributed by atoms with E-state index in [1.807, 2.05) is 18.2 Å². The summed E-state index contributed by atoms with van der Waals surface area (Å²) in [5.74, 6) is 1.11. The van der Waals surface area contributed by atoms with Gasteiger partial charge in [0.25, 0.3) is 0 Å². The number of benzene rings is 1. The summed E-state index contributed by atoms with van der Waals surface area (Å²) in [4.78, 5) is 0. The van der Waals surface area contributed by atoms with Crippen LogP contribution in [0.2, 0.25) is 0 Å². The maximum Gasteiger partial charge on any atom is 0.172 e. The zero-order valence-electron chi connectivity index (χ0n) is 11.1. The van der Waals surface area contributed by atoms with Gasteiger partial charge in [0.05, 0.1) is 6.07 Å². The minimum absolute atomic E-state index is 0.363. The third-order valence-corrected chi connectivity index (χ3v) is 3.02. The Bertz CT molecular complexity index is 465. The summed E-state index contributed by atoms with van der Waals surface area (Å²) in [6.45, 7) is 1.12. The van der Waals surface area contributed by atoms with Crippen molar-refractivity contribution in [2.24, 2.45) is 5.92 Å². The quantitative estimate of drug-likeness (QED) is 0.757. The Morgan fingerprint density at radius 3 is 2.53 bits per heavy atom. The van der Waals surface area contributed by atoms with Crippen LogP contribution in [0.3, 0.4) is 0 Å². The highest BCUT2D eigenvalue weighted by Crippen LogP contribution is 2.31. The molecule has 0 saturated carbocycles. The van der Waals surface area contributed by atoms with E-state index in [1.165, 1.54) is 14.2 Å². The van der Waals surface area contributed by atoms with Gasteiger partial charge in [0, 0.05) is 14.2 Å². The Balaban J connectivity index is 2.12. The molecule has 1 aromatic rings. The second-order valence-electron chi connectivity index (χ2n) is 4.26. The van der Waals surface area contributed by atoms with Gasteiger partial charge in [-0.05, 0) is 24.1 Å². The molecule has 0 bridgehead atoms. The fourth-order valence-electron chi connectivity index (χ4n) is 2.10. The first-order valence-electron chi connectivity index (χ1n) is 6.12. The number of hydrogen-bond acceptors (Lipinski definition) is 5. The lowest BCUT2D eigenvalue weighted by Gasteiger charge is -2.21. The average Bonchev–Trinajstić information content (AvgIpc) is 2.47. The third kappa shape index (κ3) is 3.16. The van der Waals surface area contributed by atoms with Crippen molar-refractivity contribution in [3.05, 3.63) is 23.8 Å². The summed E-state index contributed by atoms with van der Waals surface area (Å²) in [6.07, 6.45) is 0.0117. The second kappa shape index (κ2) is 6.41. The Morgan fingerprint density at radius 1 is 1.21 bits per heavy atom. The van der Waals surface area contributed by atoms with Gasteiger partial charge in [0.15, 0.2) is 17.8 Å². The van der Waals surface area contributed by atoms with Crippen LogP contribution in [0.1, 0.15) is 5.56 Å². The number of hydrogen-bond donors (Lipinski definition) is 0. The molecule has 102 valence electrons. The predicted octanol–water partition coefficient (Wildman–Crippen LogP) is 1.76. The molecule has 2 rings (SSSR count). The molecule has 0 spiro atoms. The van der Waals surface area contributed by atoms with E-state index in [4.69, 9.17) is 18.9 Å². The Morgan fingerprint density at radius 2 is 1.89 bits per heavy atom. The molecule has 5 nitrogen and oxygen atoms in total. The van der Waals surface area contributed by atoms with E-state index in [-0.39, 0.29) is 5.92 Å². The number of nitriles is 1. The van der Waals surface area contributed by atoms with Crippen LogP contribution in [0.4, 0.5) is 0 Å². The standard InChI is InChI=1S/C14H17NO4/c1-16-14(17-2)11(9-15)7-10-3-4-12-13(8-10)19-6-5-18-12/h3-4,8,11,14H,5-7H2,1-2H3. The molecule has 0 radical (unpaired) electrons. The summed E-state index contributed by atoms with van der Waals surface area (Å²) in [5, 5.41) is 9.19. The first-order valence-corrected chi connectivity index (χ1v) is 6.12. The topological polar surface area (TPSA) is 60.7 Å². The maximum atomic E-state index is 9.19. The summed E-state index contributed by atoms with van der Waals surface area (Å²) >= 11 is 0. The molecule has 0 amide bonds. The molecule has 1 aromatic carbocycles. The molecule has 0 saturated heterocycles. The van der Waals surface area contributed by atoms with Crippen LogP contribution in [-0.4, -0.2) is 33.7 Å². The Hall–Kier alpha value is -1.77. The molecule has 0 aliphatic carbocycles. The van der Waals surface area contributed by atoms with E-state index in [1.54, 1.807) is 0 Å². The van der Waals surface area contributed by atoms with Crippen LogP contribution in [0, 0.1) is 17.2 Å². The van der Waals surface area contributed by atoms with Crippen LogP contribution in [0.5, 0.6) is 11.5 Å². The molecule has 19 heavy (non-hydrogen) atoms. The van der Waals surface area contributed by atoms with Crippen molar-refractivity contribution in [3.63, 3.8) is 0 Å². The average molecular weight is 263 g/mol. The summed E-state index contributed by atoms with van der Waals surface area (Å²) in [6, 6.07) is 7.91. The van der Waals surface area contributed by atoms with E-state index in [0.717, 1.165) is 17.1 Å². The Kier molecular flexibility index (Phi) is 4.61. The van der Waals surface area contributed by atoms with Gasteiger partial charge >= 0.3 is 0 Å². The van der Waals surface area contributed by atoms with Crippen LogP contribution >= 0.6 is 0 Å². The van der Waals surface area contributed by atoms with E-state index < -0.39 is 6.29 Å². The lowest BCUT2D eigenvalue weighted by atomic mass is 9.99. The van der Waals surface area contributed by atoms with E-state index >= 15 is 0 Å².